The summed E-state index contributed by atoms with van der Waals surface area (Å²) in [6.45, 7) is 1.48. The molecule has 112 valence electrons. The summed E-state index contributed by atoms with van der Waals surface area (Å²) in [7, 11) is 1.57. The molecule has 0 heterocycles. The molecule has 0 radical (unpaired) electrons. The van der Waals surface area contributed by atoms with Crippen LogP contribution < -0.4 is 9.47 Å². The molecule has 0 N–H and O–H groups in total. The van der Waals surface area contributed by atoms with Crippen LogP contribution in [0.1, 0.15) is 22.8 Å². The zero-order chi connectivity index (χ0) is 15.9. The summed E-state index contributed by atoms with van der Waals surface area (Å²) in [5, 5.41) is 0. The second-order valence-electron chi connectivity index (χ2n) is 4.63. The van der Waals surface area contributed by atoms with Crippen molar-refractivity contribution in [2.45, 2.75) is 6.92 Å². The van der Waals surface area contributed by atoms with Crippen LogP contribution in [0.25, 0.3) is 6.08 Å². The summed E-state index contributed by atoms with van der Waals surface area (Å²) in [6.07, 6.45) is 3.17. The van der Waals surface area contributed by atoms with E-state index in [0.29, 0.717) is 17.1 Å². The first-order valence-corrected chi connectivity index (χ1v) is 6.73. The third-order valence-electron chi connectivity index (χ3n) is 2.93. The third-order valence-corrected chi connectivity index (χ3v) is 2.93. The molecule has 2 aromatic carbocycles. The monoisotopic (exact) mass is 296 g/mol. The molecule has 0 aliphatic carbocycles. The van der Waals surface area contributed by atoms with Crippen LogP contribution in [0.5, 0.6) is 11.5 Å². The largest absolute Gasteiger partial charge is 0.497 e. The van der Waals surface area contributed by atoms with Crippen LogP contribution in [-0.4, -0.2) is 18.9 Å². The van der Waals surface area contributed by atoms with E-state index in [1.165, 1.54) is 13.0 Å². The zero-order valence-electron chi connectivity index (χ0n) is 12.4. The highest BCUT2D eigenvalue weighted by Crippen LogP contribution is 2.18. The van der Waals surface area contributed by atoms with E-state index in [1.807, 2.05) is 0 Å². The number of methoxy groups -OCH3 is 1. The molecule has 0 fully saturated rings. The van der Waals surface area contributed by atoms with Crippen molar-refractivity contribution >= 4 is 17.8 Å². The van der Waals surface area contributed by atoms with Crippen molar-refractivity contribution in [3.63, 3.8) is 0 Å². The van der Waals surface area contributed by atoms with E-state index in [9.17, 15) is 9.59 Å². The zero-order valence-corrected chi connectivity index (χ0v) is 12.4. The van der Waals surface area contributed by atoms with Crippen molar-refractivity contribution in [1.82, 2.24) is 0 Å². The number of rotatable bonds is 5. The third kappa shape index (κ3) is 4.31. The lowest BCUT2D eigenvalue weighted by atomic mass is 10.1. The minimum absolute atomic E-state index is 0.0250. The van der Waals surface area contributed by atoms with Crippen molar-refractivity contribution in [1.29, 1.82) is 0 Å². The number of esters is 1. The summed E-state index contributed by atoms with van der Waals surface area (Å²) >= 11 is 0. The fourth-order valence-corrected chi connectivity index (χ4v) is 1.75. The molecule has 0 bridgehead atoms. The predicted molar refractivity (Wildman–Crippen MR) is 84.1 cm³/mol. The van der Waals surface area contributed by atoms with Crippen LogP contribution in [0.15, 0.2) is 54.6 Å². The first-order chi connectivity index (χ1) is 10.6. The summed E-state index contributed by atoms with van der Waals surface area (Å²) in [5.74, 6) is 0.683. The molecule has 0 spiro atoms. The molecule has 0 amide bonds. The Morgan fingerprint density at radius 3 is 2.05 bits per heavy atom. The summed E-state index contributed by atoms with van der Waals surface area (Å²) in [6, 6.07) is 13.6. The predicted octanol–water partition coefficient (Wildman–Crippen LogP) is 3.52. The van der Waals surface area contributed by atoms with Gasteiger partial charge in [-0.3, -0.25) is 4.79 Å². The average Bonchev–Trinajstić information content (AvgIpc) is 2.54. The topological polar surface area (TPSA) is 52.6 Å². The fraction of sp³-hybridized carbons (Fsp3) is 0.111. The van der Waals surface area contributed by atoms with Gasteiger partial charge in [0, 0.05) is 0 Å². The van der Waals surface area contributed by atoms with Gasteiger partial charge in [0.15, 0.2) is 5.78 Å². The van der Waals surface area contributed by atoms with Gasteiger partial charge in [-0.25, -0.2) is 4.79 Å². The molecule has 4 heteroatoms. The second-order valence-corrected chi connectivity index (χ2v) is 4.63. The smallest absolute Gasteiger partial charge is 0.343 e. The molecule has 0 saturated carbocycles. The number of carbonyl (C=O) groups is 2. The van der Waals surface area contributed by atoms with Gasteiger partial charge in [-0.15, -0.1) is 0 Å². The Hall–Kier alpha value is -2.88. The maximum atomic E-state index is 12.0. The number of carbonyl (C=O) groups excluding carboxylic acids is 2. The van der Waals surface area contributed by atoms with Gasteiger partial charge in [-0.05, 0) is 55.0 Å². The van der Waals surface area contributed by atoms with Gasteiger partial charge in [0.1, 0.15) is 11.5 Å². The van der Waals surface area contributed by atoms with Crippen LogP contribution in [0.4, 0.5) is 0 Å². The van der Waals surface area contributed by atoms with Crippen LogP contribution in [0.2, 0.25) is 0 Å². The minimum atomic E-state index is -0.438. The lowest BCUT2D eigenvalue weighted by Gasteiger charge is -2.05. The summed E-state index contributed by atoms with van der Waals surface area (Å²) in [5.41, 5.74) is 1.28. The Morgan fingerprint density at radius 1 is 0.909 bits per heavy atom. The van der Waals surface area contributed by atoms with E-state index < -0.39 is 5.97 Å². The van der Waals surface area contributed by atoms with Crippen molar-refractivity contribution in [3.05, 3.63) is 65.7 Å². The van der Waals surface area contributed by atoms with Crippen molar-refractivity contribution in [2.75, 3.05) is 7.11 Å². The number of hydrogen-bond acceptors (Lipinski definition) is 4. The number of benzene rings is 2. The number of hydrogen-bond donors (Lipinski definition) is 0. The van der Waals surface area contributed by atoms with Gasteiger partial charge in [0.2, 0.25) is 0 Å². The Bertz CT molecular complexity index is 682. The summed E-state index contributed by atoms with van der Waals surface area (Å²) in [4.78, 5) is 22.9. The van der Waals surface area contributed by atoms with Gasteiger partial charge in [0.05, 0.1) is 12.7 Å². The van der Waals surface area contributed by atoms with Crippen LogP contribution in [0, 0.1) is 0 Å². The lowest BCUT2D eigenvalue weighted by Crippen LogP contribution is -2.08. The van der Waals surface area contributed by atoms with E-state index in [1.54, 1.807) is 61.7 Å². The molecule has 2 rings (SSSR count). The van der Waals surface area contributed by atoms with Crippen LogP contribution in [-0.2, 0) is 4.79 Å². The molecule has 0 aliphatic heterocycles. The molecular weight excluding hydrogens is 280 g/mol. The van der Waals surface area contributed by atoms with Gasteiger partial charge < -0.3 is 9.47 Å². The van der Waals surface area contributed by atoms with Crippen LogP contribution >= 0.6 is 0 Å². The first-order valence-electron chi connectivity index (χ1n) is 6.73. The van der Waals surface area contributed by atoms with Gasteiger partial charge in [-0.1, -0.05) is 18.2 Å². The molecule has 22 heavy (non-hydrogen) atoms. The lowest BCUT2D eigenvalue weighted by molar-refractivity contribution is -0.112. The van der Waals surface area contributed by atoms with Crippen molar-refractivity contribution in [2.24, 2.45) is 0 Å². The fourth-order valence-electron chi connectivity index (χ4n) is 1.75. The van der Waals surface area contributed by atoms with E-state index in [0.717, 1.165) is 5.56 Å². The Morgan fingerprint density at radius 2 is 1.50 bits per heavy atom. The minimum Gasteiger partial charge on any atom is -0.497 e. The molecule has 0 aliphatic rings. The highest BCUT2D eigenvalue weighted by atomic mass is 16.5. The van der Waals surface area contributed by atoms with Gasteiger partial charge in [-0.2, -0.15) is 0 Å². The number of ketones is 1. The summed E-state index contributed by atoms with van der Waals surface area (Å²) < 4.78 is 10.3. The van der Waals surface area contributed by atoms with E-state index in [2.05, 4.69) is 0 Å². The van der Waals surface area contributed by atoms with E-state index >= 15 is 0 Å². The maximum Gasteiger partial charge on any atom is 0.343 e. The van der Waals surface area contributed by atoms with Gasteiger partial charge >= 0.3 is 5.97 Å². The number of allylic oxidation sites excluding steroid dienone is 1. The van der Waals surface area contributed by atoms with Crippen molar-refractivity contribution in [3.8, 4) is 11.5 Å². The molecular formula is C18H16O4. The molecule has 0 atom stereocenters. The molecule has 0 unspecified atom stereocenters. The Balaban J connectivity index is 2.04. The molecule has 4 nitrogen and oxygen atoms in total. The molecule has 0 saturated heterocycles. The molecule has 2 aromatic rings. The standard InChI is InChI=1S/C18H16O4/c1-13(19)3-4-14-5-7-15(8-6-14)18(20)22-17-11-9-16(21-2)10-12-17/h3-12H,1-2H3/b4-3+. The normalized spacial score (nSPS) is 10.5. The van der Waals surface area contributed by atoms with E-state index in [-0.39, 0.29) is 5.78 Å². The average molecular weight is 296 g/mol. The van der Waals surface area contributed by atoms with E-state index in [4.69, 9.17) is 9.47 Å². The SMILES string of the molecule is COc1ccc(OC(=O)c2ccc(/C=C/C(C)=O)cc2)cc1. The van der Waals surface area contributed by atoms with Crippen molar-refractivity contribution < 1.29 is 19.1 Å². The second kappa shape index (κ2) is 7.22. The molecule has 0 aromatic heterocycles. The van der Waals surface area contributed by atoms with Gasteiger partial charge in [0.25, 0.3) is 0 Å². The van der Waals surface area contributed by atoms with Crippen LogP contribution in [0.3, 0.4) is 0 Å². The first kappa shape index (κ1) is 15.5. The highest BCUT2D eigenvalue weighted by Gasteiger charge is 2.08. The number of ether oxygens (including phenoxy) is 2. The highest BCUT2D eigenvalue weighted by molar-refractivity contribution is 5.93. The maximum absolute atomic E-state index is 12.0. The Kier molecular flexibility index (Phi) is 5.09. The Labute approximate surface area is 129 Å². The quantitative estimate of drug-likeness (QED) is 0.481.